The van der Waals surface area contributed by atoms with E-state index in [9.17, 15) is 4.79 Å². The van der Waals surface area contributed by atoms with Crippen molar-refractivity contribution in [3.8, 4) is 0 Å². The van der Waals surface area contributed by atoms with Crippen LogP contribution in [0.25, 0.3) is 0 Å². The number of carbonyl (C=O) groups excluding carboxylic acids is 1. The second kappa shape index (κ2) is 5.75. The molecule has 0 radical (unpaired) electrons. The normalized spacial score (nSPS) is 12.1. The lowest BCUT2D eigenvalue weighted by Crippen LogP contribution is -2.07. The van der Waals surface area contributed by atoms with Crippen LogP contribution in [0.15, 0.2) is 60.7 Å². The number of rotatable bonds is 4. The van der Waals surface area contributed by atoms with Crippen LogP contribution in [0, 0.1) is 0 Å². The van der Waals surface area contributed by atoms with Crippen molar-refractivity contribution in [1.82, 2.24) is 0 Å². The molecule has 0 aromatic heterocycles. The first-order valence-corrected chi connectivity index (χ1v) is 7.17. The highest BCUT2D eigenvalue weighted by Gasteiger charge is 2.16. The lowest BCUT2D eigenvalue weighted by Gasteiger charge is -2.14. The highest BCUT2D eigenvalue weighted by atomic mass is 31.1. The van der Waals surface area contributed by atoms with E-state index < -0.39 is 7.92 Å². The van der Waals surface area contributed by atoms with Crippen molar-refractivity contribution in [1.29, 1.82) is 0 Å². The van der Waals surface area contributed by atoms with Crippen molar-refractivity contribution >= 4 is 18.8 Å². The number of carbonyl (C=O) groups is 1. The first kappa shape index (κ1) is 12.0. The SMILES string of the molecule is CC(=O)P(Cc1ccccc1)c1ccccc1. The summed E-state index contributed by atoms with van der Waals surface area (Å²) >= 11 is 0. The molecule has 2 aromatic carbocycles. The van der Waals surface area contributed by atoms with Gasteiger partial charge in [0, 0.05) is 6.16 Å². The van der Waals surface area contributed by atoms with E-state index in [4.69, 9.17) is 0 Å². The fraction of sp³-hybridized carbons (Fsp3) is 0.133. The molecule has 0 heterocycles. The van der Waals surface area contributed by atoms with Gasteiger partial charge in [-0.2, -0.15) is 0 Å². The third kappa shape index (κ3) is 3.25. The average Bonchev–Trinajstić information content (AvgIpc) is 2.38. The molecule has 2 aromatic rings. The fourth-order valence-electron chi connectivity index (χ4n) is 1.76. The highest BCUT2D eigenvalue weighted by Crippen LogP contribution is 2.39. The summed E-state index contributed by atoms with van der Waals surface area (Å²) in [6.07, 6.45) is 0.843. The smallest absolute Gasteiger partial charge is 0.156 e. The number of hydrogen-bond acceptors (Lipinski definition) is 1. The van der Waals surface area contributed by atoms with Gasteiger partial charge in [-0.05, 0) is 25.7 Å². The van der Waals surface area contributed by atoms with Crippen molar-refractivity contribution in [3.05, 3.63) is 66.2 Å². The van der Waals surface area contributed by atoms with Crippen molar-refractivity contribution in [3.63, 3.8) is 0 Å². The van der Waals surface area contributed by atoms with Gasteiger partial charge in [-0.25, -0.2) is 0 Å². The third-order valence-electron chi connectivity index (χ3n) is 2.63. The van der Waals surface area contributed by atoms with Crippen molar-refractivity contribution < 1.29 is 4.79 Å². The summed E-state index contributed by atoms with van der Waals surface area (Å²) in [5.74, 6) is 0. The Morgan fingerprint density at radius 1 is 0.941 bits per heavy atom. The maximum Gasteiger partial charge on any atom is 0.156 e. The van der Waals surface area contributed by atoms with E-state index in [1.54, 1.807) is 6.92 Å². The van der Waals surface area contributed by atoms with Crippen molar-refractivity contribution in [2.24, 2.45) is 0 Å². The Kier molecular flexibility index (Phi) is 4.06. The average molecular weight is 242 g/mol. The fourth-order valence-corrected chi connectivity index (χ4v) is 3.64. The Labute approximate surface area is 103 Å². The van der Waals surface area contributed by atoms with Crippen LogP contribution < -0.4 is 5.30 Å². The predicted octanol–water partition coefficient (Wildman–Crippen LogP) is 3.54. The summed E-state index contributed by atoms with van der Waals surface area (Å²) in [5.41, 5.74) is 1.52. The van der Waals surface area contributed by atoms with Crippen LogP contribution in [-0.4, -0.2) is 5.52 Å². The van der Waals surface area contributed by atoms with Crippen LogP contribution in [-0.2, 0) is 11.0 Å². The maximum absolute atomic E-state index is 11.8. The molecular formula is C15H15OP. The molecule has 0 bridgehead atoms. The molecule has 1 atom stereocenters. The molecule has 1 unspecified atom stereocenters. The van der Waals surface area contributed by atoms with E-state index in [0.717, 1.165) is 6.16 Å². The minimum absolute atomic E-state index is 0.287. The summed E-state index contributed by atoms with van der Waals surface area (Å²) in [7, 11) is -0.730. The highest BCUT2D eigenvalue weighted by molar-refractivity contribution is 7.80. The third-order valence-corrected chi connectivity index (χ3v) is 4.99. The van der Waals surface area contributed by atoms with Crippen LogP contribution >= 0.6 is 7.92 Å². The molecule has 0 fully saturated rings. The van der Waals surface area contributed by atoms with Gasteiger partial charge in [-0.15, -0.1) is 0 Å². The van der Waals surface area contributed by atoms with Crippen LogP contribution in [0.1, 0.15) is 12.5 Å². The summed E-state index contributed by atoms with van der Waals surface area (Å²) in [6.45, 7) is 1.70. The Morgan fingerprint density at radius 3 is 2.00 bits per heavy atom. The zero-order valence-electron chi connectivity index (χ0n) is 9.84. The Hall–Kier alpha value is -1.46. The van der Waals surface area contributed by atoms with Gasteiger partial charge in [-0.1, -0.05) is 60.7 Å². The second-order valence-corrected chi connectivity index (χ2v) is 6.24. The van der Waals surface area contributed by atoms with Crippen LogP contribution in [0.5, 0.6) is 0 Å². The molecule has 0 aliphatic heterocycles. The van der Waals surface area contributed by atoms with Gasteiger partial charge in [0.25, 0.3) is 0 Å². The molecule has 1 nitrogen and oxygen atoms in total. The molecule has 0 N–H and O–H groups in total. The lowest BCUT2D eigenvalue weighted by atomic mass is 10.2. The Balaban J connectivity index is 2.23. The molecule has 0 spiro atoms. The zero-order chi connectivity index (χ0) is 12.1. The minimum Gasteiger partial charge on any atom is -0.295 e. The van der Waals surface area contributed by atoms with E-state index in [1.807, 2.05) is 36.4 Å². The molecule has 0 amide bonds. The van der Waals surface area contributed by atoms with Gasteiger partial charge in [0.2, 0.25) is 0 Å². The van der Waals surface area contributed by atoms with Gasteiger partial charge >= 0.3 is 0 Å². The summed E-state index contributed by atoms with van der Waals surface area (Å²) in [4.78, 5) is 11.8. The van der Waals surface area contributed by atoms with E-state index in [-0.39, 0.29) is 5.52 Å². The summed E-state index contributed by atoms with van der Waals surface area (Å²) in [5, 5.41) is 1.17. The predicted molar refractivity (Wildman–Crippen MR) is 73.8 cm³/mol. The van der Waals surface area contributed by atoms with E-state index in [0.29, 0.717) is 0 Å². The molecule has 0 saturated carbocycles. The first-order chi connectivity index (χ1) is 8.27. The summed E-state index contributed by atoms with van der Waals surface area (Å²) < 4.78 is 0. The van der Waals surface area contributed by atoms with Gasteiger partial charge in [-0.3, -0.25) is 4.79 Å². The quantitative estimate of drug-likeness (QED) is 0.749. The molecule has 17 heavy (non-hydrogen) atoms. The largest absolute Gasteiger partial charge is 0.295 e. The Morgan fingerprint density at radius 2 is 1.47 bits per heavy atom. The van der Waals surface area contributed by atoms with E-state index in [1.165, 1.54) is 10.9 Å². The van der Waals surface area contributed by atoms with Gasteiger partial charge < -0.3 is 0 Å². The van der Waals surface area contributed by atoms with Crippen molar-refractivity contribution in [2.45, 2.75) is 13.1 Å². The van der Waals surface area contributed by atoms with Crippen LogP contribution in [0.4, 0.5) is 0 Å². The molecule has 86 valence electrons. The topological polar surface area (TPSA) is 17.1 Å². The second-order valence-electron chi connectivity index (χ2n) is 3.93. The standard InChI is InChI=1S/C15H15OP/c1-13(16)17(15-10-6-3-7-11-15)12-14-8-4-2-5-9-14/h2-11H,12H2,1H3. The minimum atomic E-state index is -0.730. The van der Waals surface area contributed by atoms with Crippen LogP contribution in [0.3, 0.4) is 0 Å². The van der Waals surface area contributed by atoms with E-state index >= 15 is 0 Å². The maximum atomic E-state index is 11.8. The van der Waals surface area contributed by atoms with Gasteiger partial charge in [0.15, 0.2) is 5.52 Å². The lowest BCUT2D eigenvalue weighted by molar-refractivity contribution is -0.109. The van der Waals surface area contributed by atoms with E-state index in [2.05, 4.69) is 24.3 Å². The molecule has 2 rings (SSSR count). The monoisotopic (exact) mass is 242 g/mol. The zero-order valence-corrected chi connectivity index (χ0v) is 10.7. The first-order valence-electron chi connectivity index (χ1n) is 5.64. The molecule has 0 aliphatic carbocycles. The van der Waals surface area contributed by atoms with Gasteiger partial charge in [0.1, 0.15) is 0 Å². The van der Waals surface area contributed by atoms with Crippen molar-refractivity contribution in [2.75, 3.05) is 0 Å². The summed E-state index contributed by atoms with van der Waals surface area (Å²) in [6, 6.07) is 20.3. The molecule has 0 aliphatic rings. The number of benzene rings is 2. The Bertz CT molecular complexity index is 479. The van der Waals surface area contributed by atoms with Gasteiger partial charge in [0.05, 0.1) is 0 Å². The molecule has 2 heteroatoms. The molecular weight excluding hydrogens is 227 g/mol. The molecule has 0 saturated heterocycles. The number of hydrogen-bond donors (Lipinski definition) is 0. The van der Waals surface area contributed by atoms with Crippen LogP contribution in [0.2, 0.25) is 0 Å².